The van der Waals surface area contributed by atoms with E-state index in [-0.39, 0.29) is 5.41 Å². The van der Waals surface area contributed by atoms with Crippen LogP contribution in [0.15, 0.2) is 18.2 Å². The number of hydrogen-bond donors (Lipinski definition) is 0. The van der Waals surface area contributed by atoms with Gasteiger partial charge in [0.25, 0.3) is 0 Å². The molecule has 0 saturated carbocycles. The van der Waals surface area contributed by atoms with Crippen molar-refractivity contribution in [1.29, 1.82) is 0 Å². The van der Waals surface area contributed by atoms with Gasteiger partial charge in [-0.15, -0.1) is 0 Å². The van der Waals surface area contributed by atoms with Gasteiger partial charge in [0.2, 0.25) is 0 Å². The molecular formula is C8H11. The van der Waals surface area contributed by atoms with E-state index in [4.69, 9.17) is 0 Å². The van der Waals surface area contributed by atoms with Crippen LogP contribution in [0.25, 0.3) is 0 Å². The Kier molecular flexibility index (Phi) is 1.24. The summed E-state index contributed by atoms with van der Waals surface area (Å²) in [6.45, 7) is 4.38. The Morgan fingerprint density at radius 3 is 2.50 bits per heavy atom. The van der Waals surface area contributed by atoms with Crippen molar-refractivity contribution in [2.24, 2.45) is 5.41 Å². The highest BCUT2D eigenvalue weighted by molar-refractivity contribution is 5.09. The fraction of sp³-hybridized carbons (Fsp3) is 0.500. The summed E-state index contributed by atoms with van der Waals surface area (Å²) < 4.78 is 0. The first-order valence-corrected chi connectivity index (χ1v) is 2.97. The van der Waals surface area contributed by atoms with Crippen molar-refractivity contribution < 1.29 is 0 Å². The molecule has 0 unspecified atom stereocenters. The van der Waals surface area contributed by atoms with Gasteiger partial charge < -0.3 is 0 Å². The molecule has 1 aliphatic carbocycles. The third-order valence-corrected chi connectivity index (χ3v) is 1.33. The fourth-order valence-corrected chi connectivity index (χ4v) is 0.763. The maximum absolute atomic E-state index is 3.25. The first-order chi connectivity index (χ1) is 3.71. The average Bonchev–Trinajstić information content (AvgIpc) is 1.65. The third-order valence-electron chi connectivity index (χ3n) is 1.33. The molecule has 0 heterocycles. The first kappa shape index (κ1) is 5.61. The van der Waals surface area contributed by atoms with Crippen LogP contribution in [0.4, 0.5) is 0 Å². The molecule has 1 radical (unpaired) electrons. The van der Waals surface area contributed by atoms with Gasteiger partial charge in [-0.3, -0.25) is 0 Å². The highest BCUT2D eigenvalue weighted by Crippen LogP contribution is 2.23. The van der Waals surface area contributed by atoms with Gasteiger partial charge in [-0.2, -0.15) is 0 Å². The lowest BCUT2D eigenvalue weighted by molar-refractivity contribution is 0.466. The van der Waals surface area contributed by atoms with Gasteiger partial charge in [-0.05, 0) is 17.9 Å². The normalized spacial score (nSPS) is 23.8. The van der Waals surface area contributed by atoms with Crippen molar-refractivity contribution in [2.45, 2.75) is 20.3 Å². The van der Waals surface area contributed by atoms with Crippen LogP contribution < -0.4 is 0 Å². The second-order valence-electron chi connectivity index (χ2n) is 2.83. The van der Waals surface area contributed by atoms with Crippen LogP contribution in [0.1, 0.15) is 20.3 Å². The maximum atomic E-state index is 3.25. The molecule has 0 N–H and O–H groups in total. The zero-order chi connectivity index (χ0) is 6.04. The Morgan fingerprint density at radius 2 is 2.25 bits per heavy atom. The Labute approximate surface area is 50.9 Å². The molecule has 1 rings (SSSR count). The summed E-state index contributed by atoms with van der Waals surface area (Å²) in [7, 11) is 0. The lowest BCUT2D eigenvalue weighted by Gasteiger charge is -2.18. The second kappa shape index (κ2) is 1.77. The minimum atomic E-state index is 0.286. The van der Waals surface area contributed by atoms with Gasteiger partial charge in [0.05, 0.1) is 0 Å². The summed E-state index contributed by atoms with van der Waals surface area (Å²) >= 11 is 0. The fourth-order valence-electron chi connectivity index (χ4n) is 0.763. The van der Waals surface area contributed by atoms with Crippen LogP contribution >= 0.6 is 0 Å². The van der Waals surface area contributed by atoms with Crippen molar-refractivity contribution >= 4 is 0 Å². The monoisotopic (exact) mass is 107 g/mol. The topological polar surface area (TPSA) is 0 Å². The standard InChI is InChI=1S/C8H11/c1-8(2)6-4-3-5-7-8/h3-5H,6H2,1-2H3. The highest BCUT2D eigenvalue weighted by Gasteiger charge is 2.12. The Bertz CT molecular complexity index is 127. The van der Waals surface area contributed by atoms with E-state index in [1.807, 2.05) is 12.2 Å². The molecule has 1 aliphatic rings. The molecule has 0 saturated heterocycles. The van der Waals surface area contributed by atoms with Crippen LogP contribution in [0.2, 0.25) is 0 Å². The van der Waals surface area contributed by atoms with Crippen LogP contribution in [-0.2, 0) is 0 Å². The van der Waals surface area contributed by atoms with E-state index in [1.165, 1.54) is 0 Å². The average molecular weight is 107 g/mol. The Morgan fingerprint density at radius 1 is 1.50 bits per heavy atom. The van der Waals surface area contributed by atoms with Crippen molar-refractivity contribution in [3.8, 4) is 0 Å². The van der Waals surface area contributed by atoms with Gasteiger partial charge >= 0.3 is 0 Å². The van der Waals surface area contributed by atoms with Gasteiger partial charge in [0.1, 0.15) is 0 Å². The lowest BCUT2D eigenvalue weighted by Crippen LogP contribution is -2.07. The summed E-state index contributed by atoms with van der Waals surface area (Å²) in [4.78, 5) is 0. The molecule has 0 aromatic heterocycles. The number of allylic oxidation sites excluding steroid dienone is 4. The predicted molar refractivity (Wildman–Crippen MR) is 35.4 cm³/mol. The van der Waals surface area contributed by atoms with Crippen LogP contribution in [-0.4, -0.2) is 0 Å². The van der Waals surface area contributed by atoms with Gasteiger partial charge in [0.15, 0.2) is 0 Å². The van der Waals surface area contributed by atoms with Crippen molar-refractivity contribution in [3.63, 3.8) is 0 Å². The van der Waals surface area contributed by atoms with Crippen LogP contribution in [0.5, 0.6) is 0 Å². The molecule has 0 amide bonds. The number of rotatable bonds is 0. The largest absolute Gasteiger partial charge is 0.0837 e. The predicted octanol–water partition coefficient (Wildman–Crippen LogP) is 2.33. The van der Waals surface area contributed by atoms with Crippen LogP contribution in [0.3, 0.4) is 0 Å². The summed E-state index contributed by atoms with van der Waals surface area (Å²) in [6.07, 6.45) is 10.6. The minimum Gasteiger partial charge on any atom is -0.0837 e. The second-order valence-corrected chi connectivity index (χ2v) is 2.83. The summed E-state index contributed by atoms with van der Waals surface area (Å²) in [5, 5.41) is 0. The molecule has 0 aliphatic heterocycles. The van der Waals surface area contributed by atoms with E-state index in [0.29, 0.717) is 0 Å². The van der Waals surface area contributed by atoms with E-state index in [9.17, 15) is 0 Å². The molecule has 0 spiro atoms. The molecular weight excluding hydrogens is 96.1 g/mol. The van der Waals surface area contributed by atoms with E-state index in [1.54, 1.807) is 0 Å². The Balaban J connectivity index is 2.65. The minimum absolute atomic E-state index is 0.286. The summed E-state index contributed by atoms with van der Waals surface area (Å²) in [5.74, 6) is 0. The van der Waals surface area contributed by atoms with Gasteiger partial charge in [0, 0.05) is 0 Å². The third kappa shape index (κ3) is 1.22. The van der Waals surface area contributed by atoms with Crippen molar-refractivity contribution in [1.82, 2.24) is 0 Å². The van der Waals surface area contributed by atoms with Crippen LogP contribution in [0, 0.1) is 11.5 Å². The number of hydrogen-bond acceptors (Lipinski definition) is 0. The summed E-state index contributed by atoms with van der Waals surface area (Å²) in [6, 6.07) is 0. The Hall–Kier alpha value is -0.520. The van der Waals surface area contributed by atoms with Crippen molar-refractivity contribution in [3.05, 3.63) is 24.3 Å². The molecule has 0 fully saturated rings. The zero-order valence-corrected chi connectivity index (χ0v) is 5.44. The lowest BCUT2D eigenvalue weighted by atomic mass is 9.86. The molecule has 0 aromatic carbocycles. The zero-order valence-electron chi connectivity index (χ0n) is 5.44. The van der Waals surface area contributed by atoms with E-state index in [0.717, 1.165) is 6.42 Å². The van der Waals surface area contributed by atoms with E-state index >= 15 is 0 Å². The van der Waals surface area contributed by atoms with E-state index in [2.05, 4.69) is 26.0 Å². The van der Waals surface area contributed by atoms with Gasteiger partial charge in [-0.1, -0.05) is 32.1 Å². The molecule has 43 valence electrons. The molecule has 0 nitrogen and oxygen atoms in total. The van der Waals surface area contributed by atoms with Gasteiger partial charge in [-0.25, -0.2) is 0 Å². The maximum Gasteiger partial charge on any atom is -0.00661 e. The highest BCUT2D eigenvalue weighted by atomic mass is 14.2. The quantitative estimate of drug-likeness (QED) is 0.445. The molecule has 0 atom stereocenters. The van der Waals surface area contributed by atoms with Crippen molar-refractivity contribution in [2.75, 3.05) is 0 Å². The van der Waals surface area contributed by atoms with E-state index < -0.39 is 0 Å². The SMILES string of the molecule is CC1(C)[C]=CC=CC1. The first-order valence-electron chi connectivity index (χ1n) is 2.97. The smallest absolute Gasteiger partial charge is 0.00661 e. The molecule has 0 aromatic rings. The molecule has 0 bridgehead atoms. The summed E-state index contributed by atoms with van der Waals surface area (Å²) in [5.41, 5.74) is 0.286. The molecule has 0 heteroatoms. The molecule has 8 heavy (non-hydrogen) atoms.